The fourth-order valence-corrected chi connectivity index (χ4v) is 1.32. The minimum absolute atomic E-state index is 0.0142. The number of carbonyl (C=O) groups excluding carboxylic acids is 1. The number of rotatable bonds is 5. The standard InChI is InChI=1S/C11H11F2NO3/c12-10(13)9(15)7-3-1-2-6(4-7)5-8(14)11(16)17/h1-4,8,10H,5,14H2,(H,16,17). The summed E-state index contributed by atoms with van der Waals surface area (Å²) in [7, 11) is 0. The molecule has 1 aromatic carbocycles. The number of carbonyl (C=O) groups is 2. The van der Waals surface area contributed by atoms with Gasteiger partial charge in [-0.3, -0.25) is 9.59 Å². The van der Waals surface area contributed by atoms with Crippen molar-refractivity contribution in [3.63, 3.8) is 0 Å². The van der Waals surface area contributed by atoms with Gasteiger partial charge in [0.15, 0.2) is 0 Å². The highest BCUT2D eigenvalue weighted by molar-refractivity contribution is 5.98. The van der Waals surface area contributed by atoms with Gasteiger partial charge in [-0.05, 0) is 18.1 Å². The average molecular weight is 243 g/mol. The maximum atomic E-state index is 12.2. The summed E-state index contributed by atoms with van der Waals surface area (Å²) in [6, 6.07) is 4.32. The molecule has 0 fully saturated rings. The second kappa shape index (κ2) is 5.49. The van der Waals surface area contributed by atoms with E-state index in [0.29, 0.717) is 5.56 Å². The van der Waals surface area contributed by atoms with Crippen molar-refractivity contribution in [2.24, 2.45) is 5.73 Å². The van der Waals surface area contributed by atoms with Crippen molar-refractivity contribution >= 4 is 11.8 Å². The van der Waals surface area contributed by atoms with E-state index in [4.69, 9.17) is 10.8 Å². The Kier molecular flexibility index (Phi) is 4.28. The molecule has 3 N–H and O–H groups in total. The molecule has 0 amide bonds. The first-order chi connectivity index (χ1) is 7.91. The molecule has 1 atom stereocenters. The smallest absolute Gasteiger partial charge is 0.320 e. The molecular formula is C11H11F2NO3. The minimum atomic E-state index is -3.07. The summed E-state index contributed by atoms with van der Waals surface area (Å²) >= 11 is 0. The van der Waals surface area contributed by atoms with Crippen LogP contribution in [0.5, 0.6) is 0 Å². The van der Waals surface area contributed by atoms with Gasteiger partial charge in [0.2, 0.25) is 5.78 Å². The van der Waals surface area contributed by atoms with Gasteiger partial charge in [0.25, 0.3) is 0 Å². The molecule has 0 saturated carbocycles. The largest absolute Gasteiger partial charge is 0.480 e. The third-order valence-corrected chi connectivity index (χ3v) is 2.18. The van der Waals surface area contributed by atoms with Crippen molar-refractivity contribution in [1.82, 2.24) is 0 Å². The lowest BCUT2D eigenvalue weighted by Crippen LogP contribution is -2.32. The molecule has 1 unspecified atom stereocenters. The number of halogens is 2. The highest BCUT2D eigenvalue weighted by Crippen LogP contribution is 2.11. The highest BCUT2D eigenvalue weighted by atomic mass is 19.3. The van der Waals surface area contributed by atoms with Crippen LogP contribution in [0.1, 0.15) is 15.9 Å². The van der Waals surface area contributed by atoms with Gasteiger partial charge in [-0.2, -0.15) is 0 Å². The van der Waals surface area contributed by atoms with Gasteiger partial charge in [0.1, 0.15) is 6.04 Å². The Morgan fingerprint density at radius 1 is 1.35 bits per heavy atom. The van der Waals surface area contributed by atoms with E-state index in [-0.39, 0.29) is 12.0 Å². The first-order valence-corrected chi connectivity index (χ1v) is 4.81. The fraction of sp³-hybridized carbons (Fsp3) is 0.273. The summed E-state index contributed by atoms with van der Waals surface area (Å²) in [5.41, 5.74) is 5.59. The predicted octanol–water partition coefficient (Wildman–Crippen LogP) is 1.09. The number of carboxylic acids is 1. The number of hydrogen-bond acceptors (Lipinski definition) is 3. The first-order valence-electron chi connectivity index (χ1n) is 4.81. The van der Waals surface area contributed by atoms with E-state index >= 15 is 0 Å². The van der Waals surface area contributed by atoms with Gasteiger partial charge in [0, 0.05) is 5.56 Å². The summed E-state index contributed by atoms with van der Waals surface area (Å²) < 4.78 is 24.3. The third kappa shape index (κ3) is 3.60. The number of hydrogen-bond donors (Lipinski definition) is 2. The maximum absolute atomic E-state index is 12.2. The van der Waals surface area contributed by atoms with Crippen LogP contribution < -0.4 is 5.73 Å². The van der Waals surface area contributed by atoms with E-state index in [0.717, 1.165) is 0 Å². The lowest BCUT2D eigenvalue weighted by molar-refractivity contribution is -0.138. The zero-order valence-electron chi connectivity index (χ0n) is 8.77. The minimum Gasteiger partial charge on any atom is -0.480 e. The third-order valence-electron chi connectivity index (χ3n) is 2.18. The lowest BCUT2D eigenvalue weighted by atomic mass is 10.0. The normalized spacial score (nSPS) is 12.5. The van der Waals surface area contributed by atoms with E-state index in [1.807, 2.05) is 0 Å². The summed E-state index contributed by atoms with van der Waals surface area (Å²) in [6.45, 7) is 0. The Labute approximate surface area is 96.0 Å². The highest BCUT2D eigenvalue weighted by Gasteiger charge is 2.18. The van der Waals surface area contributed by atoms with Crippen LogP contribution in [0.3, 0.4) is 0 Å². The number of benzene rings is 1. The first kappa shape index (κ1) is 13.2. The van der Waals surface area contributed by atoms with Crippen LogP contribution in [0.25, 0.3) is 0 Å². The molecule has 0 spiro atoms. The lowest BCUT2D eigenvalue weighted by Gasteiger charge is -2.07. The van der Waals surface area contributed by atoms with Crippen LogP contribution in [0.15, 0.2) is 24.3 Å². The second-order valence-corrected chi connectivity index (χ2v) is 3.51. The van der Waals surface area contributed by atoms with Crippen LogP contribution >= 0.6 is 0 Å². The molecule has 0 heterocycles. The van der Waals surface area contributed by atoms with E-state index in [9.17, 15) is 18.4 Å². The van der Waals surface area contributed by atoms with Crippen molar-refractivity contribution in [1.29, 1.82) is 0 Å². The van der Waals surface area contributed by atoms with Crippen molar-refractivity contribution in [2.45, 2.75) is 18.9 Å². The molecular weight excluding hydrogens is 232 g/mol. The summed E-state index contributed by atoms with van der Waals surface area (Å²) in [4.78, 5) is 21.5. The summed E-state index contributed by atoms with van der Waals surface area (Å²) in [5, 5.41) is 8.60. The molecule has 0 radical (unpaired) electrons. The van der Waals surface area contributed by atoms with Gasteiger partial charge < -0.3 is 10.8 Å². The molecule has 1 aromatic rings. The molecule has 0 saturated heterocycles. The molecule has 6 heteroatoms. The number of ketones is 1. The van der Waals surface area contributed by atoms with Crippen LogP contribution in [-0.2, 0) is 11.2 Å². The quantitative estimate of drug-likeness (QED) is 0.758. The molecule has 0 aliphatic carbocycles. The van der Waals surface area contributed by atoms with E-state index in [2.05, 4.69) is 0 Å². The molecule has 1 rings (SSSR count). The fourth-order valence-electron chi connectivity index (χ4n) is 1.32. The van der Waals surface area contributed by atoms with Crippen molar-refractivity contribution < 1.29 is 23.5 Å². The molecule has 0 bridgehead atoms. The van der Waals surface area contributed by atoms with Gasteiger partial charge in [0.05, 0.1) is 0 Å². The summed E-state index contributed by atoms with van der Waals surface area (Å²) in [5.74, 6) is -2.47. The van der Waals surface area contributed by atoms with E-state index < -0.39 is 24.2 Å². The SMILES string of the molecule is NC(Cc1cccc(C(=O)C(F)F)c1)C(=O)O. The van der Waals surface area contributed by atoms with Gasteiger partial charge >= 0.3 is 12.4 Å². The Morgan fingerprint density at radius 2 is 2.00 bits per heavy atom. The average Bonchev–Trinajstić information content (AvgIpc) is 2.28. The monoisotopic (exact) mass is 243 g/mol. The molecule has 4 nitrogen and oxygen atoms in total. The number of carboxylic acid groups (broad SMARTS) is 1. The maximum Gasteiger partial charge on any atom is 0.320 e. The van der Waals surface area contributed by atoms with E-state index in [1.54, 1.807) is 0 Å². The number of Topliss-reactive ketones (excluding diaryl/α,β-unsaturated/α-hetero) is 1. The van der Waals surface area contributed by atoms with E-state index in [1.165, 1.54) is 24.3 Å². The van der Waals surface area contributed by atoms with Crippen molar-refractivity contribution in [3.8, 4) is 0 Å². The van der Waals surface area contributed by atoms with Crippen LogP contribution in [0.2, 0.25) is 0 Å². The van der Waals surface area contributed by atoms with Crippen molar-refractivity contribution in [2.75, 3.05) is 0 Å². The van der Waals surface area contributed by atoms with Crippen LogP contribution in [0, 0.1) is 0 Å². The Morgan fingerprint density at radius 3 is 2.53 bits per heavy atom. The zero-order valence-corrected chi connectivity index (χ0v) is 8.77. The second-order valence-electron chi connectivity index (χ2n) is 3.51. The molecule has 92 valence electrons. The Bertz CT molecular complexity index is 434. The molecule has 0 aliphatic rings. The van der Waals surface area contributed by atoms with Gasteiger partial charge in [-0.1, -0.05) is 18.2 Å². The van der Waals surface area contributed by atoms with Crippen LogP contribution in [-0.4, -0.2) is 29.3 Å². The van der Waals surface area contributed by atoms with Gasteiger partial charge in [-0.25, -0.2) is 8.78 Å². The Balaban J connectivity index is 2.86. The topological polar surface area (TPSA) is 80.4 Å². The van der Waals surface area contributed by atoms with Crippen molar-refractivity contribution in [3.05, 3.63) is 35.4 Å². The predicted molar refractivity (Wildman–Crippen MR) is 56.1 cm³/mol. The number of aliphatic carboxylic acids is 1. The van der Waals surface area contributed by atoms with Gasteiger partial charge in [-0.15, -0.1) is 0 Å². The number of alkyl halides is 2. The molecule has 17 heavy (non-hydrogen) atoms. The molecule has 0 aromatic heterocycles. The summed E-state index contributed by atoms with van der Waals surface area (Å²) in [6.07, 6.45) is -3.09. The zero-order chi connectivity index (χ0) is 13.0. The molecule has 0 aliphatic heterocycles. The van der Waals surface area contributed by atoms with Crippen LogP contribution in [0.4, 0.5) is 8.78 Å². The Hall–Kier alpha value is -1.82. The number of nitrogens with two attached hydrogens (primary N) is 1.